The van der Waals surface area contributed by atoms with Gasteiger partial charge in [-0.15, -0.1) is 11.3 Å². The molecule has 108 valence electrons. The van der Waals surface area contributed by atoms with E-state index in [0.29, 0.717) is 22.0 Å². The molecule has 1 aromatic carbocycles. The molecule has 1 aromatic heterocycles. The smallest absolute Gasteiger partial charge is 0.274 e. The summed E-state index contributed by atoms with van der Waals surface area (Å²) in [6.45, 7) is 1.67. The van der Waals surface area contributed by atoms with Gasteiger partial charge in [-0.3, -0.25) is 14.9 Å². The molecule has 1 heterocycles. The van der Waals surface area contributed by atoms with Crippen molar-refractivity contribution in [2.75, 3.05) is 5.32 Å². The number of nitrogens with zero attached hydrogens (tertiary/aromatic N) is 1. The number of nitrogens with one attached hydrogen (secondary N) is 1. The number of hydrogen-bond acceptors (Lipinski definition) is 4. The molecule has 1 N–H and O–H groups in total. The molecular formula is C15H14N2O3S. The summed E-state index contributed by atoms with van der Waals surface area (Å²) in [6.07, 6.45) is 2.26. The van der Waals surface area contributed by atoms with Crippen LogP contribution in [0.1, 0.15) is 39.6 Å². The largest absolute Gasteiger partial charge is 0.321 e. The number of aryl methyl sites for hydroxylation is 1. The molecule has 5 nitrogen and oxygen atoms in total. The minimum absolute atomic E-state index is 0.0152. The molecule has 1 saturated carbocycles. The summed E-state index contributed by atoms with van der Waals surface area (Å²) >= 11 is 1.41. The maximum absolute atomic E-state index is 12.3. The van der Waals surface area contributed by atoms with Crippen molar-refractivity contribution in [3.05, 3.63) is 55.8 Å². The first-order valence-electron chi connectivity index (χ1n) is 6.70. The van der Waals surface area contributed by atoms with E-state index in [1.807, 2.05) is 11.4 Å². The van der Waals surface area contributed by atoms with E-state index in [1.54, 1.807) is 19.1 Å². The molecule has 1 aliphatic rings. The average molecular weight is 302 g/mol. The number of rotatable bonds is 4. The average Bonchev–Trinajstić information content (AvgIpc) is 3.17. The number of benzene rings is 1. The molecule has 0 atom stereocenters. The van der Waals surface area contributed by atoms with Crippen LogP contribution in [-0.4, -0.2) is 10.8 Å². The van der Waals surface area contributed by atoms with Gasteiger partial charge in [0.15, 0.2) is 0 Å². The van der Waals surface area contributed by atoms with Crippen LogP contribution in [0.15, 0.2) is 29.6 Å². The van der Waals surface area contributed by atoms with Crippen LogP contribution in [-0.2, 0) is 0 Å². The quantitative estimate of drug-likeness (QED) is 0.682. The third kappa shape index (κ3) is 2.80. The third-order valence-electron chi connectivity index (χ3n) is 3.58. The SMILES string of the molecule is Cc1ccc(NC(=O)c2sccc2C2CC2)cc1[N+](=O)[O-]. The number of anilines is 1. The van der Waals surface area contributed by atoms with E-state index in [1.165, 1.54) is 17.4 Å². The molecule has 21 heavy (non-hydrogen) atoms. The van der Waals surface area contributed by atoms with E-state index in [4.69, 9.17) is 0 Å². The number of carbonyl (C=O) groups excluding carboxylic acids is 1. The summed E-state index contributed by atoms with van der Waals surface area (Å²) < 4.78 is 0. The molecule has 0 aliphatic heterocycles. The Morgan fingerprint density at radius 3 is 2.81 bits per heavy atom. The van der Waals surface area contributed by atoms with E-state index >= 15 is 0 Å². The molecule has 1 aliphatic carbocycles. The van der Waals surface area contributed by atoms with E-state index in [9.17, 15) is 14.9 Å². The molecule has 0 saturated heterocycles. The molecule has 0 radical (unpaired) electrons. The van der Waals surface area contributed by atoms with Gasteiger partial charge in [0, 0.05) is 17.3 Å². The Bertz CT molecular complexity index is 719. The van der Waals surface area contributed by atoms with Gasteiger partial charge >= 0.3 is 0 Å². The lowest BCUT2D eigenvalue weighted by Crippen LogP contribution is -2.12. The van der Waals surface area contributed by atoms with Crippen LogP contribution in [0.5, 0.6) is 0 Å². The lowest BCUT2D eigenvalue weighted by molar-refractivity contribution is -0.385. The lowest BCUT2D eigenvalue weighted by Gasteiger charge is -2.06. The van der Waals surface area contributed by atoms with E-state index in [-0.39, 0.29) is 11.6 Å². The predicted molar refractivity (Wildman–Crippen MR) is 82.1 cm³/mol. The standard InChI is InChI=1S/C15H14N2O3S/c1-9-2-5-11(8-13(9)17(19)20)16-15(18)14-12(6-7-21-14)10-3-4-10/h2,5-8,10H,3-4H2,1H3,(H,16,18). The minimum atomic E-state index is -0.439. The molecule has 3 rings (SSSR count). The van der Waals surface area contributed by atoms with Crippen LogP contribution >= 0.6 is 11.3 Å². The van der Waals surface area contributed by atoms with E-state index in [2.05, 4.69) is 5.32 Å². The summed E-state index contributed by atoms with van der Waals surface area (Å²) in [6, 6.07) is 6.72. The molecule has 2 aromatic rings. The van der Waals surface area contributed by atoms with Gasteiger partial charge in [-0.1, -0.05) is 6.07 Å². The van der Waals surface area contributed by atoms with Crippen LogP contribution in [0.4, 0.5) is 11.4 Å². The number of nitro groups is 1. The first-order valence-corrected chi connectivity index (χ1v) is 7.58. The van der Waals surface area contributed by atoms with Crippen molar-refractivity contribution in [1.82, 2.24) is 0 Å². The van der Waals surface area contributed by atoms with Crippen molar-refractivity contribution in [2.24, 2.45) is 0 Å². The van der Waals surface area contributed by atoms with Crippen LogP contribution < -0.4 is 5.32 Å². The predicted octanol–water partition coefficient (Wildman–Crippen LogP) is 4.09. The molecule has 1 amide bonds. The van der Waals surface area contributed by atoms with Crippen molar-refractivity contribution < 1.29 is 9.72 Å². The summed E-state index contributed by atoms with van der Waals surface area (Å²) in [7, 11) is 0. The maximum atomic E-state index is 12.3. The Kier molecular flexibility index (Phi) is 3.47. The fourth-order valence-electron chi connectivity index (χ4n) is 2.29. The van der Waals surface area contributed by atoms with Gasteiger partial charge in [-0.05, 0) is 48.8 Å². The number of amides is 1. The van der Waals surface area contributed by atoms with Crippen molar-refractivity contribution in [1.29, 1.82) is 0 Å². The second-order valence-corrected chi connectivity index (χ2v) is 6.11. The fraction of sp³-hybridized carbons (Fsp3) is 0.267. The Labute approximate surface area is 125 Å². The van der Waals surface area contributed by atoms with Gasteiger partial charge in [0.2, 0.25) is 0 Å². The Morgan fingerprint density at radius 2 is 2.14 bits per heavy atom. The normalized spacial score (nSPS) is 14.0. The summed E-state index contributed by atoms with van der Waals surface area (Å²) in [5, 5.41) is 15.6. The van der Waals surface area contributed by atoms with E-state index < -0.39 is 4.92 Å². The zero-order valence-corrected chi connectivity index (χ0v) is 12.3. The number of carbonyl (C=O) groups is 1. The number of hydrogen-bond donors (Lipinski definition) is 1. The summed E-state index contributed by atoms with van der Waals surface area (Å²) in [4.78, 5) is 23.5. The number of nitro benzene ring substituents is 1. The molecule has 0 unspecified atom stereocenters. The fourth-order valence-corrected chi connectivity index (χ4v) is 3.17. The molecule has 0 bridgehead atoms. The lowest BCUT2D eigenvalue weighted by atomic mass is 10.1. The summed E-state index contributed by atoms with van der Waals surface area (Å²) in [5.74, 6) is 0.314. The zero-order valence-electron chi connectivity index (χ0n) is 11.5. The second-order valence-electron chi connectivity index (χ2n) is 5.19. The van der Waals surface area contributed by atoms with Gasteiger partial charge in [-0.25, -0.2) is 0 Å². The Hall–Kier alpha value is -2.21. The topological polar surface area (TPSA) is 72.2 Å². The van der Waals surface area contributed by atoms with Crippen molar-refractivity contribution in [2.45, 2.75) is 25.7 Å². The van der Waals surface area contributed by atoms with Gasteiger partial charge in [0.1, 0.15) is 0 Å². The Balaban J connectivity index is 1.83. The van der Waals surface area contributed by atoms with Gasteiger partial charge < -0.3 is 5.32 Å². The highest BCUT2D eigenvalue weighted by Crippen LogP contribution is 2.43. The third-order valence-corrected chi connectivity index (χ3v) is 4.51. The highest BCUT2D eigenvalue weighted by atomic mass is 32.1. The van der Waals surface area contributed by atoms with Gasteiger partial charge in [0.25, 0.3) is 11.6 Å². The molecule has 0 spiro atoms. The second kappa shape index (κ2) is 5.29. The monoisotopic (exact) mass is 302 g/mol. The van der Waals surface area contributed by atoms with Crippen molar-refractivity contribution in [3.8, 4) is 0 Å². The molecule has 6 heteroatoms. The highest BCUT2D eigenvalue weighted by molar-refractivity contribution is 7.12. The van der Waals surface area contributed by atoms with Gasteiger partial charge in [0.05, 0.1) is 9.80 Å². The molecule has 1 fully saturated rings. The molecular weight excluding hydrogens is 288 g/mol. The van der Waals surface area contributed by atoms with Crippen molar-refractivity contribution in [3.63, 3.8) is 0 Å². The first-order chi connectivity index (χ1) is 10.1. The van der Waals surface area contributed by atoms with Crippen LogP contribution in [0.2, 0.25) is 0 Å². The van der Waals surface area contributed by atoms with Gasteiger partial charge in [-0.2, -0.15) is 0 Å². The van der Waals surface area contributed by atoms with Crippen LogP contribution in [0, 0.1) is 17.0 Å². The number of thiophene rings is 1. The summed E-state index contributed by atoms with van der Waals surface area (Å²) in [5.41, 5.74) is 2.14. The maximum Gasteiger partial charge on any atom is 0.274 e. The van der Waals surface area contributed by atoms with Crippen molar-refractivity contribution >= 4 is 28.6 Å². The zero-order chi connectivity index (χ0) is 15.0. The van der Waals surface area contributed by atoms with E-state index in [0.717, 1.165) is 18.4 Å². The first kappa shape index (κ1) is 13.8. The van der Waals surface area contributed by atoms with Crippen LogP contribution in [0.3, 0.4) is 0 Å². The van der Waals surface area contributed by atoms with Crippen LogP contribution in [0.25, 0.3) is 0 Å². The highest BCUT2D eigenvalue weighted by Gasteiger charge is 2.29. The minimum Gasteiger partial charge on any atom is -0.321 e. The Morgan fingerprint density at radius 1 is 1.38 bits per heavy atom.